The first-order valence-corrected chi connectivity index (χ1v) is 8.97. The van der Waals surface area contributed by atoms with Gasteiger partial charge in [0.2, 0.25) is 0 Å². The van der Waals surface area contributed by atoms with Gasteiger partial charge in [-0.3, -0.25) is 0 Å². The smallest absolute Gasteiger partial charge is 0.140 e. The number of halogens is 2. The van der Waals surface area contributed by atoms with Gasteiger partial charge in [-0.05, 0) is 39.2 Å². The van der Waals surface area contributed by atoms with E-state index in [4.69, 9.17) is 9.51 Å². The molecule has 0 saturated heterocycles. The predicted molar refractivity (Wildman–Crippen MR) is 107 cm³/mol. The molecule has 26 heavy (non-hydrogen) atoms. The highest BCUT2D eigenvalue weighted by atomic mass is 35.5. The Hall–Kier alpha value is -1.37. The Morgan fingerprint density at radius 2 is 1.77 bits per heavy atom. The number of nitrogens with one attached hydrogen (secondary N) is 1. The van der Waals surface area contributed by atoms with Gasteiger partial charge in [-0.2, -0.15) is 0 Å². The molecule has 0 bridgehead atoms. The number of aryl methyl sites for hydroxylation is 2. The van der Waals surface area contributed by atoms with Gasteiger partial charge in [0.1, 0.15) is 23.1 Å². The molecule has 0 amide bonds. The molecule has 2 aliphatic rings. The molecule has 144 valence electrons. The van der Waals surface area contributed by atoms with E-state index in [1.54, 1.807) is 0 Å². The number of aromatic nitrogens is 3. The zero-order valence-corrected chi connectivity index (χ0v) is 17.0. The minimum Gasteiger partial charge on any atom is -0.361 e. The monoisotopic (exact) mass is 399 g/mol. The third-order valence-electron chi connectivity index (χ3n) is 5.05. The molecule has 6 nitrogen and oxygen atoms in total. The summed E-state index contributed by atoms with van der Waals surface area (Å²) < 4.78 is 5.56. The van der Waals surface area contributed by atoms with Crippen molar-refractivity contribution in [2.24, 2.45) is 0 Å². The van der Waals surface area contributed by atoms with Crippen LogP contribution in [0.15, 0.2) is 4.52 Å². The summed E-state index contributed by atoms with van der Waals surface area (Å²) in [6.45, 7) is 4.70. The van der Waals surface area contributed by atoms with E-state index in [0.29, 0.717) is 0 Å². The predicted octanol–water partition coefficient (Wildman–Crippen LogP) is 2.82. The Morgan fingerprint density at radius 3 is 2.62 bits per heavy atom. The minimum absolute atomic E-state index is 0. The Kier molecular flexibility index (Phi) is 7.26. The van der Waals surface area contributed by atoms with Crippen molar-refractivity contribution in [2.75, 3.05) is 25.0 Å². The zero-order valence-electron chi connectivity index (χ0n) is 15.4. The van der Waals surface area contributed by atoms with Crippen LogP contribution in [0, 0.1) is 6.92 Å². The summed E-state index contributed by atoms with van der Waals surface area (Å²) in [6.07, 6.45) is 6.51. The van der Waals surface area contributed by atoms with Gasteiger partial charge >= 0.3 is 0 Å². The Bertz CT molecular complexity index is 749. The summed E-state index contributed by atoms with van der Waals surface area (Å²) in [7, 11) is 2.10. The molecule has 4 rings (SSSR count). The molecule has 8 heteroatoms. The average molecular weight is 400 g/mol. The van der Waals surface area contributed by atoms with Crippen molar-refractivity contribution < 1.29 is 4.52 Å². The molecule has 0 unspecified atom stereocenters. The number of nitrogens with zero attached hydrogens (tertiary/aromatic N) is 4. The van der Waals surface area contributed by atoms with Crippen LogP contribution in [0.5, 0.6) is 0 Å². The lowest BCUT2D eigenvalue weighted by molar-refractivity contribution is 0.368. The molecule has 0 atom stereocenters. The quantitative estimate of drug-likeness (QED) is 0.855. The maximum atomic E-state index is 5.56. The fourth-order valence-corrected chi connectivity index (χ4v) is 3.83. The second kappa shape index (κ2) is 9.02. The van der Waals surface area contributed by atoms with Gasteiger partial charge in [0.25, 0.3) is 0 Å². The molecule has 1 aliphatic carbocycles. The van der Waals surface area contributed by atoms with Crippen LogP contribution in [-0.2, 0) is 32.2 Å². The van der Waals surface area contributed by atoms with Crippen molar-refractivity contribution in [1.82, 2.24) is 20.4 Å². The van der Waals surface area contributed by atoms with Gasteiger partial charge in [0, 0.05) is 37.6 Å². The summed E-state index contributed by atoms with van der Waals surface area (Å²) in [6, 6.07) is 0. The summed E-state index contributed by atoms with van der Waals surface area (Å²) >= 11 is 0. The molecular weight excluding hydrogens is 373 g/mol. The third kappa shape index (κ3) is 4.13. The second-order valence-electron chi connectivity index (χ2n) is 6.86. The Labute approximate surface area is 167 Å². The molecule has 0 saturated carbocycles. The summed E-state index contributed by atoms with van der Waals surface area (Å²) in [5.41, 5.74) is 4.87. The highest BCUT2D eigenvalue weighted by Crippen LogP contribution is 2.28. The Morgan fingerprint density at radius 1 is 1.00 bits per heavy atom. The van der Waals surface area contributed by atoms with E-state index in [1.165, 1.54) is 29.7 Å². The van der Waals surface area contributed by atoms with Gasteiger partial charge in [0.15, 0.2) is 0 Å². The third-order valence-corrected chi connectivity index (χ3v) is 5.05. The molecule has 0 spiro atoms. The van der Waals surface area contributed by atoms with Gasteiger partial charge in [-0.1, -0.05) is 5.16 Å². The lowest BCUT2D eigenvalue weighted by Crippen LogP contribution is -2.23. The lowest BCUT2D eigenvalue weighted by Gasteiger charge is -2.22. The lowest BCUT2D eigenvalue weighted by atomic mass is 9.96. The van der Waals surface area contributed by atoms with Gasteiger partial charge < -0.3 is 14.7 Å². The molecule has 1 N–H and O–H groups in total. The zero-order chi connectivity index (χ0) is 16.5. The standard InChI is InChI=1S/C18H25N5O.2ClH/c1-12-20-15-8-10-19-9-7-14(15)18(21-12)23(2)11-16-13-5-3-4-6-17(13)24-22-16;;/h19H,3-11H2,1-2H3;2*1H. The number of rotatable bonds is 3. The van der Waals surface area contributed by atoms with Crippen molar-refractivity contribution in [3.05, 3.63) is 34.1 Å². The van der Waals surface area contributed by atoms with E-state index >= 15 is 0 Å². The van der Waals surface area contributed by atoms with E-state index in [1.807, 2.05) is 6.92 Å². The van der Waals surface area contributed by atoms with E-state index in [2.05, 4.69) is 27.4 Å². The maximum Gasteiger partial charge on any atom is 0.140 e. The van der Waals surface area contributed by atoms with E-state index in [-0.39, 0.29) is 24.8 Å². The van der Waals surface area contributed by atoms with Crippen LogP contribution in [-0.4, -0.2) is 35.3 Å². The molecule has 1 aliphatic heterocycles. The second-order valence-corrected chi connectivity index (χ2v) is 6.86. The van der Waals surface area contributed by atoms with Crippen molar-refractivity contribution in [3.63, 3.8) is 0 Å². The average Bonchev–Trinajstić information content (AvgIpc) is 2.83. The highest BCUT2D eigenvalue weighted by Gasteiger charge is 2.23. The van der Waals surface area contributed by atoms with Crippen LogP contribution in [0.2, 0.25) is 0 Å². The topological polar surface area (TPSA) is 67.1 Å². The van der Waals surface area contributed by atoms with Gasteiger partial charge in [-0.25, -0.2) is 9.97 Å². The maximum absolute atomic E-state index is 5.56. The SMILES string of the molecule is Cc1nc2c(c(N(C)Cc3noc4c3CCCC4)n1)CCNCC2.Cl.Cl. The van der Waals surface area contributed by atoms with Gasteiger partial charge in [-0.15, -0.1) is 24.8 Å². The van der Waals surface area contributed by atoms with Crippen LogP contribution in [0.25, 0.3) is 0 Å². The summed E-state index contributed by atoms with van der Waals surface area (Å²) in [5.74, 6) is 2.99. The largest absolute Gasteiger partial charge is 0.361 e. The number of hydrogen-bond acceptors (Lipinski definition) is 6. The van der Waals surface area contributed by atoms with Crippen LogP contribution >= 0.6 is 24.8 Å². The first kappa shape index (κ1) is 20.9. The fourth-order valence-electron chi connectivity index (χ4n) is 3.83. The van der Waals surface area contributed by atoms with E-state index < -0.39 is 0 Å². The fraction of sp³-hybridized carbons (Fsp3) is 0.611. The normalized spacial score (nSPS) is 15.8. The van der Waals surface area contributed by atoms with Crippen LogP contribution in [0.3, 0.4) is 0 Å². The Balaban J connectivity index is 0.00000121. The highest BCUT2D eigenvalue weighted by molar-refractivity contribution is 5.85. The van der Waals surface area contributed by atoms with Gasteiger partial charge in [0.05, 0.1) is 12.2 Å². The molecule has 3 heterocycles. The van der Waals surface area contributed by atoms with E-state index in [9.17, 15) is 0 Å². The molecule has 0 aromatic carbocycles. The minimum atomic E-state index is 0. The van der Waals surface area contributed by atoms with Crippen LogP contribution in [0.4, 0.5) is 5.82 Å². The molecular formula is C18H27Cl2N5O. The van der Waals surface area contributed by atoms with Crippen molar-refractivity contribution in [2.45, 2.75) is 52.0 Å². The number of hydrogen-bond donors (Lipinski definition) is 1. The molecule has 2 aromatic rings. The first-order valence-electron chi connectivity index (χ1n) is 8.97. The number of fused-ring (bicyclic) bond motifs is 2. The number of anilines is 1. The molecule has 2 aromatic heterocycles. The van der Waals surface area contributed by atoms with Crippen LogP contribution in [0.1, 0.15) is 46.9 Å². The van der Waals surface area contributed by atoms with E-state index in [0.717, 1.165) is 68.4 Å². The summed E-state index contributed by atoms with van der Waals surface area (Å²) in [5, 5.41) is 7.80. The van der Waals surface area contributed by atoms with Crippen molar-refractivity contribution >= 4 is 30.6 Å². The summed E-state index contributed by atoms with van der Waals surface area (Å²) in [4.78, 5) is 11.6. The van der Waals surface area contributed by atoms with Crippen molar-refractivity contribution in [3.8, 4) is 0 Å². The van der Waals surface area contributed by atoms with Crippen molar-refractivity contribution in [1.29, 1.82) is 0 Å². The first-order chi connectivity index (χ1) is 11.7. The van der Waals surface area contributed by atoms with Crippen LogP contribution < -0.4 is 10.2 Å². The molecule has 0 radical (unpaired) electrons. The molecule has 0 fully saturated rings.